The first-order valence-electron chi connectivity index (χ1n) is 10.1. The number of hydrogen-bond acceptors (Lipinski definition) is 4. The highest BCUT2D eigenvalue weighted by Crippen LogP contribution is 2.24. The number of carbonyl (C=O) groups is 1. The van der Waals surface area contributed by atoms with Crippen LogP contribution < -0.4 is 10.2 Å². The Kier molecular flexibility index (Phi) is 5.92. The minimum Gasteiger partial charge on any atom is -0.367 e. The summed E-state index contributed by atoms with van der Waals surface area (Å²) in [5.41, 5.74) is 1.06. The largest absolute Gasteiger partial charge is 0.367 e. The molecule has 2 fully saturated rings. The van der Waals surface area contributed by atoms with Crippen molar-refractivity contribution in [3.05, 3.63) is 54.3 Å². The molecule has 2 aromatic rings. The van der Waals surface area contributed by atoms with Crippen molar-refractivity contribution in [2.75, 3.05) is 49.5 Å². The molecular formula is C21H25FN4O3S. The van der Waals surface area contributed by atoms with E-state index in [0.717, 1.165) is 25.9 Å². The van der Waals surface area contributed by atoms with Gasteiger partial charge in [0.15, 0.2) is 0 Å². The molecule has 2 heterocycles. The number of rotatable bonds is 4. The van der Waals surface area contributed by atoms with Crippen LogP contribution in [0.15, 0.2) is 53.4 Å². The molecule has 2 saturated heterocycles. The van der Waals surface area contributed by atoms with E-state index in [1.807, 2.05) is 4.90 Å². The summed E-state index contributed by atoms with van der Waals surface area (Å²) in [4.78, 5) is 16.0. The molecule has 0 aromatic heterocycles. The molecule has 2 aromatic carbocycles. The molecule has 0 aliphatic carbocycles. The minimum atomic E-state index is -3.65. The van der Waals surface area contributed by atoms with Crippen LogP contribution in [-0.2, 0) is 10.0 Å². The second kappa shape index (κ2) is 8.61. The zero-order chi connectivity index (χ0) is 21.1. The molecule has 0 saturated carbocycles. The number of carbonyl (C=O) groups excluding carboxylic acids is 1. The number of anilines is 2. The van der Waals surface area contributed by atoms with Crippen LogP contribution in [-0.4, -0.2) is 62.9 Å². The number of halogens is 1. The number of hydrogen-bond donors (Lipinski definition) is 1. The van der Waals surface area contributed by atoms with Crippen molar-refractivity contribution >= 4 is 27.4 Å². The summed E-state index contributed by atoms with van der Waals surface area (Å²) in [5.74, 6) is -0.305. The normalized spacial score (nSPS) is 17.9. The smallest absolute Gasteiger partial charge is 0.321 e. The summed E-state index contributed by atoms with van der Waals surface area (Å²) in [6, 6.07) is 12.6. The predicted octanol–water partition coefficient (Wildman–Crippen LogP) is 2.96. The van der Waals surface area contributed by atoms with E-state index in [9.17, 15) is 17.6 Å². The summed E-state index contributed by atoms with van der Waals surface area (Å²) < 4.78 is 41.4. The van der Waals surface area contributed by atoms with Gasteiger partial charge in [0.05, 0.1) is 10.6 Å². The fourth-order valence-electron chi connectivity index (χ4n) is 3.86. The van der Waals surface area contributed by atoms with Crippen LogP contribution in [0.1, 0.15) is 12.8 Å². The number of urea groups is 1. The lowest BCUT2D eigenvalue weighted by molar-refractivity contribution is 0.222. The van der Waals surface area contributed by atoms with Crippen molar-refractivity contribution in [2.24, 2.45) is 0 Å². The molecule has 2 amide bonds. The third kappa shape index (κ3) is 4.27. The molecule has 0 atom stereocenters. The van der Waals surface area contributed by atoms with E-state index in [4.69, 9.17) is 0 Å². The van der Waals surface area contributed by atoms with Crippen LogP contribution in [0.25, 0.3) is 0 Å². The number of likely N-dealkylation sites (tertiary alicyclic amines) is 1. The molecule has 160 valence electrons. The van der Waals surface area contributed by atoms with Gasteiger partial charge in [-0.25, -0.2) is 17.6 Å². The lowest BCUT2D eigenvalue weighted by atomic mass is 10.2. The van der Waals surface area contributed by atoms with Gasteiger partial charge in [-0.3, -0.25) is 0 Å². The molecule has 9 heteroatoms. The summed E-state index contributed by atoms with van der Waals surface area (Å²) in [6.45, 7) is 2.90. The predicted molar refractivity (Wildman–Crippen MR) is 114 cm³/mol. The summed E-state index contributed by atoms with van der Waals surface area (Å²) in [7, 11) is -3.65. The second-order valence-corrected chi connectivity index (χ2v) is 9.43. The van der Waals surface area contributed by atoms with Crippen molar-refractivity contribution in [3.63, 3.8) is 0 Å². The number of amides is 2. The zero-order valence-corrected chi connectivity index (χ0v) is 17.4. The first kappa shape index (κ1) is 20.6. The Morgan fingerprint density at radius 3 is 2.13 bits per heavy atom. The lowest BCUT2D eigenvalue weighted by Crippen LogP contribution is -2.48. The van der Waals surface area contributed by atoms with Gasteiger partial charge >= 0.3 is 6.03 Å². The van der Waals surface area contributed by atoms with Gasteiger partial charge in [0.2, 0.25) is 10.0 Å². The molecule has 7 nitrogen and oxygen atoms in total. The van der Waals surface area contributed by atoms with E-state index < -0.39 is 10.0 Å². The summed E-state index contributed by atoms with van der Waals surface area (Å²) in [5, 5.41) is 2.81. The van der Waals surface area contributed by atoms with Crippen LogP contribution in [0.2, 0.25) is 0 Å². The fourth-order valence-corrected chi connectivity index (χ4v) is 5.28. The average Bonchev–Trinajstić information content (AvgIpc) is 3.30. The monoisotopic (exact) mass is 432 g/mol. The maximum absolute atomic E-state index is 14.0. The third-order valence-corrected chi connectivity index (χ3v) is 7.48. The quantitative estimate of drug-likeness (QED) is 0.806. The standard InChI is InChI=1S/C21H25FN4O3S/c22-19-5-1-2-6-20(19)24-13-15-26(16-14-24)30(28,29)18-9-7-17(8-10-18)23-21(27)25-11-3-4-12-25/h1-2,5-10H,3-4,11-16H2,(H,23,27). The summed E-state index contributed by atoms with van der Waals surface area (Å²) >= 11 is 0. The van der Waals surface area contributed by atoms with E-state index >= 15 is 0 Å². The van der Waals surface area contributed by atoms with Crippen LogP contribution in [0.3, 0.4) is 0 Å². The molecule has 2 aliphatic rings. The Bertz CT molecular complexity index is 999. The molecule has 1 N–H and O–H groups in total. The van der Waals surface area contributed by atoms with Gasteiger partial charge < -0.3 is 15.1 Å². The van der Waals surface area contributed by atoms with Crippen molar-refractivity contribution in [3.8, 4) is 0 Å². The number of piperazine rings is 1. The molecular weight excluding hydrogens is 407 g/mol. The number of benzene rings is 2. The second-order valence-electron chi connectivity index (χ2n) is 7.49. The fraction of sp³-hybridized carbons (Fsp3) is 0.381. The maximum atomic E-state index is 14.0. The van der Waals surface area contributed by atoms with Crippen LogP contribution in [0.5, 0.6) is 0 Å². The molecule has 4 rings (SSSR count). The first-order chi connectivity index (χ1) is 14.4. The van der Waals surface area contributed by atoms with E-state index in [0.29, 0.717) is 24.5 Å². The number of para-hydroxylation sites is 1. The number of nitrogens with zero attached hydrogens (tertiary/aromatic N) is 3. The summed E-state index contributed by atoms with van der Waals surface area (Å²) in [6.07, 6.45) is 2.02. The van der Waals surface area contributed by atoms with E-state index in [2.05, 4.69) is 5.32 Å². The Labute approximate surface area is 176 Å². The van der Waals surface area contributed by atoms with E-state index in [1.54, 1.807) is 35.2 Å². The van der Waals surface area contributed by atoms with Crippen molar-refractivity contribution in [1.29, 1.82) is 0 Å². The lowest BCUT2D eigenvalue weighted by Gasteiger charge is -2.35. The highest BCUT2D eigenvalue weighted by atomic mass is 32.2. The van der Waals surface area contributed by atoms with Gasteiger partial charge in [0.1, 0.15) is 5.82 Å². The van der Waals surface area contributed by atoms with Gasteiger partial charge in [-0.05, 0) is 49.2 Å². The molecule has 30 heavy (non-hydrogen) atoms. The van der Waals surface area contributed by atoms with Gasteiger partial charge in [0, 0.05) is 45.0 Å². The maximum Gasteiger partial charge on any atom is 0.321 e. The Hall–Kier alpha value is -2.65. The van der Waals surface area contributed by atoms with Gasteiger partial charge in [0.25, 0.3) is 0 Å². The Morgan fingerprint density at radius 1 is 0.867 bits per heavy atom. The average molecular weight is 433 g/mol. The van der Waals surface area contributed by atoms with Gasteiger partial charge in [-0.1, -0.05) is 12.1 Å². The molecule has 0 unspecified atom stereocenters. The highest BCUT2D eigenvalue weighted by molar-refractivity contribution is 7.89. The number of nitrogens with one attached hydrogen (secondary N) is 1. The minimum absolute atomic E-state index is 0.160. The van der Waals surface area contributed by atoms with Crippen LogP contribution in [0, 0.1) is 5.82 Å². The van der Waals surface area contributed by atoms with Crippen LogP contribution in [0.4, 0.5) is 20.6 Å². The van der Waals surface area contributed by atoms with E-state index in [1.165, 1.54) is 22.5 Å². The van der Waals surface area contributed by atoms with Gasteiger partial charge in [-0.2, -0.15) is 4.31 Å². The SMILES string of the molecule is O=C(Nc1ccc(S(=O)(=O)N2CCN(c3ccccc3F)CC2)cc1)N1CCCC1. The third-order valence-electron chi connectivity index (χ3n) is 5.57. The highest BCUT2D eigenvalue weighted by Gasteiger charge is 2.29. The molecule has 0 radical (unpaired) electrons. The zero-order valence-electron chi connectivity index (χ0n) is 16.6. The van der Waals surface area contributed by atoms with Crippen LogP contribution >= 0.6 is 0 Å². The van der Waals surface area contributed by atoms with Crippen molar-refractivity contribution in [2.45, 2.75) is 17.7 Å². The Balaban J connectivity index is 1.39. The topological polar surface area (TPSA) is 73.0 Å². The molecule has 0 bridgehead atoms. The van der Waals surface area contributed by atoms with Crippen molar-refractivity contribution < 1.29 is 17.6 Å². The molecule has 2 aliphatic heterocycles. The number of sulfonamides is 1. The van der Waals surface area contributed by atoms with Gasteiger partial charge in [-0.15, -0.1) is 0 Å². The van der Waals surface area contributed by atoms with E-state index in [-0.39, 0.29) is 29.8 Å². The molecule has 0 spiro atoms. The first-order valence-corrected chi connectivity index (χ1v) is 11.5. The van der Waals surface area contributed by atoms with Crippen molar-refractivity contribution in [1.82, 2.24) is 9.21 Å². The Morgan fingerprint density at radius 2 is 1.50 bits per heavy atom.